The number of nitro benzene ring substituents is 1. The van der Waals surface area contributed by atoms with E-state index in [4.69, 9.17) is 4.74 Å². The highest BCUT2D eigenvalue weighted by Gasteiger charge is 2.30. The number of halogens is 1. The van der Waals surface area contributed by atoms with Crippen molar-refractivity contribution in [3.8, 4) is 0 Å². The maximum absolute atomic E-state index is 14.1. The van der Waals surface area contributed by atoms with E-state index < -0.39 is 22.4 Å². The molecule has 0 spiro atoms. The second kappa shape index (κ2) is 5.41. The van der Waals surface area contributed by atoms with E-state index in [0.717, 1.165) is 13.2 Å². The molecule has 1 aliphatic heterocycles. The molecule has 108 valence electrons. The molecule has 1 aromatic rings. The van der Waals surface area contributed by atoms with Gasteiger partial charge in [-0.15, -0.1) is 0 Å². The molecule has 0 aliphatic carbocycles. The van der Waals surface area contributed by atoms with Crippen molar-refractivity contribution in [2.45, 2.75) is 13.0 Å². The lowest BCUT2D eigenvalue weighted by molar-refractivity contribution is -0.384. The Kier molecular flexibility index (Phi) is 3.84. The number of methoxy groups -OCH3 is 1. The Hall–Kier alpha value is -2.22. The number of ether oxygens (including phenoxy) is 2. The number of carbonyl (C=O) groups is 1. The summed E-state index contributed by atoms with van der Waals surface area (Å²) in [5.41, 5.74) is -0.788. The number of esters is 1. The highest BCUT2D eigenvalue weighted by Crippen LogP contribution is 2.35. The Balaban J connectivity index is 2.52. The topological polar surface area (TPSA) is 90.7 Å². The van der Waals surface area contributed by atoms with Gasteiger partial charge in [0.05, 0.1) is 36.9 Å². The highest BCUT2D eigenvalue weighted by molar-refractivity contribution is 5.93. The molecule has 0 unspecified atom stereocenters. The molecule has 0 bridgehead atoms. The van der Waals surface area contributed by atoms with Crippen LogP contribution in [0.15, 0.2) is 6.07 Å². The van der Waals surface area contributed by atoms with Crippen LogP contribution in [0, 0.1) is 22.9 Å². The van der Waals surface area contributed by atoms with Crippen LogP contribution in [-0.2, 0) is 9.47 Å². The van der Waals surface area contributed by atoms with Crippen molar-refractivity contribution < 1.29 is 23.6 Å². The van der Waals surface area contributed by atoms with Crippen LogP contribution in [0.5, 0.6) is 0 Å². The van der Waals surface area contributed by atoms with Crippen molar-refractivity contribution in [2.75, 3.05) is 25.6 Å². The Morgan fingerprint density at radius 2 is 2.25 bits per heavy atom. The van der Waals surface area contributed by atoms with Gasteiger partial charge in [0.2, 0.25) is 0 Å². The lowest BCUT2D eigenvalue weighted by Gasteiger charge is -2.28. The van der Waals surface area contributed by atoms with E-state index in [1.165, 1.54) is 6.92 Å². The molecule has 7 nitrogen and oxygen atoms in total. The third-order valence-electron chi connectivity index (χ3n) is 3.08. The first-order valence-corrected chi connectivity index (χ1v) is 5.85. The molecule has 1 heterocycles. The Morgan fingerprint density at radius 1 is 1.60 bits per heavy atom. The number of nitro groups is 1. The van der Waals surface area contributed by atoms with Gasteiger partial charge in [0.1, 0.15) is 5.69 Å². The Labute approximate surface area is 113 Å². The molecule has 0 amide bonds. The molecule has 8 heteroatoms. The molecule has 1 N–H and O–H groups in total. The van der Waals surface area contributed by atoms with Gasteiger partial charge in [-0.1, -0.05) is 0 Å². The molecule has 0 aromatic heterocycles. The summed E-state index contributed by atoms with van der Waals surface area (Å²) in [7, 11) is 1.13. The van der Waals surface area contributed by atoms with Crippen LogP contribution in [-0.4, -0.2) is 37.3 Å². The second-order valence-corrected chi connectivity index (χ2v) is 4.38. The first kappa shape index (κ1) is 14.2. The van der Waals surface area contributed by atoms with Gasteiger partial charge in [0.25, 0.3) is 5.69 Å². The average Bonchev–Trinajstić information content (AvgIpc) is 2.35. The van der Waals surface area contributed by atoms with E-state index in [2.05, 4.69) is 10.1 Å². The quantitative estimate of drug-likeness (QED) is 0.513. The average molecular weight is 284 g/mol. The number of hydrogen-bond donors (Lipinski definition) is 1. The summed E-state index contributed by atoms with van der Waals surface area (Å²) in [5.74, 6) is -1.68. The molecule has 1 aromatic carbocycles. The van der Waals surface area contributed by atoms with Crippen molar-refractivity contribution in [2.24, 2.45) is 0 Å². The summed E-state index contributed by atoms with van der Waals surface area (Å²) in [5, 5.41) is 13.9. The number of carbonyl (C=O) groups excluding carboxylic acids is 1. The van der Waals surface area contributed by atoms with Crippen molar-refractivity contribution >= 4 is 17.3 Å². The molecule has 20 heavy (non-hydrogen) atoms. The maximum atomic E-state index is 14.1. The molecule has 2 rings (SSSR count). The van der Waals surface area contributed by atoms with Gasteiger partial charge in [-0.2, -0.15) is 0 Å². The van der Waals surface area contributed by atoms with E-state index in [1.807, 2.05) is 0 Å². The third-order valence-corrected chi connectivity index (χ3v) is 3.08. The number of benzene rings is 1. The summed E-state index contributed by atoms with van der Waals surface area (Å²) >= 11 is 0. The number of nitrogens with zero attached hydrogens (tertiary/aromatic N) is 1. The lowest BCUT2D eigenvalue weighted by atomic mass is 10.0. The predicted octanol–water partition coefficient (Wildman–Crippen LogP) is 1.64. The van der Waals surface area contributed by atoms with Crippen LogP contribution in [0.3, 0.4) is 0 Å². The molecule has 1 fully saturated rings. The van der Waals surface area contributed by atoms with Gasteiger partial charge >= 0.3 is 5.97 Å². The SMILES string of the molecule is COC(=O)c1cc(F)c(NC2COC2)c([N+](=O)[O-])c1C. The second-order valence-electron chi connectivity index (χ2n) is 4.38. The Morgan fingerprint density at radius 3 is 2.70 bits per heavy atom. The fourth-order valence-corrected chi connectivity index (χ4v) is 1.95. The van der Waals surface area contributed by atoms with Crippen LogP contribution in [0.4, 0.5) is 15.8 Å². The zero-order chi connectivity index (χ0) is 14.9. The van der Waals surface area contributed by atoms with E-state index in [0.29, 0.717) is 13.2 Å². The van der Waals surface area contributed by atoms with Crippen molar-refractivity contribution in [1.29, 1.82) is 0 Å². The number of nitrogens with one attached hydrogen (secondary N) is 1. The van der Waals surface area contributed by atoms with E-state index in [9.17, 15) is 19.3 Å². The van der Waals surface area contributed by atoms with Gasteiger partial charge in [-0.3, -0.25) is 10.1 Å². The van der Waals surface area contributed by atoms with Crippen LogP contribution in [0.2, 0.25) is 0 Å². The first-order chi connectivity index (χ1) is 9.45. The highest BCUT2D eigenvalue weighted by atomic mass is 19.1. The maximum Gasteiger partial charge on any atom is 0.338 e. The minimum Gasteiger partial charge on any atom is -0.465 e. The fraction of sp³-hybridized carbons (Fsp3) is 0.417. The van der Waals surface area contributed by atoms with E-state index >= 15 is 0 Å². The summed E-state index contributed by atoms with van der Waals surface area (Å²) in [4.78, 5) is 22.0. The van der Waals surface area contributed by atoms with Gasteiger partial charge in [0.15, 0.2) is 5.82 Å². The predicted molar refractivity (Wildman–Crippen MR) is 67.4 cm³/mol. The van der Waals surface area contributed by atoms with Crippen LogP contribution >= 0.6 is 0 Å². The minimum atomic E-state index is -0.866. The zero-order valence-corrected chi connectivity index (χ0v) is 10.9. The van der Waals surface area contributed by atoms with Gasteiger partial charge < -0.3 is 14.8 Å². The summed E-state index contributed by atoms with van der Waals surface area (Å²) in [6, 6.07) is 0.766. The zero-order valence-electron chi connectivity index (χ0n) is 10.9. The van der Waals surface area contributed by atoms with Crippen molar-refractivity contribution in [3.63, 3.8) is 0 Å². The van der Waals surface area contributed by atoms with E-state index in [-0.39, 0.29) is 22.9 Å². The molecular formula is C12H13FN2O5. The number of rotatable bonds is 4. The monoisotopic (exact) mass is 284 g/mol. The van der Waals surface area contributed by atoms with Crippen LogP contribution in [0.1, 0.15) is 15.9 Å². The van der Waals surface area contributed by atoms with Crippen LogP contribution in [0.25, 0.3) is 0 Å². The first-order valence-electron chi connectivity index (χ1n) is 5.85. The van der Waals surface area contributed by atoms with Crippen molar-refractivity contribution in [3.05, 3.63) is 33.1 Å². The standard InChI is InChI=1S/C12H13FN2O5/c1-6-8(12(16)19-2)3-9(13)10(11(6)15(17)18)14-7-4-20-5-7/h3,7,14H,4-5H2,1-2H3. The fourth-order valence-electron chi connectivity index (χ4n) is 1.95. The largest absolute Gasteiger partial charge is 0.465 e. The number of anilines is 1. The molecule has 0 atom stereocenters. The van der Waals surface area contributed by atoms with Gasteiger partial charge in [-0.05, 0) is 13.0 Å². The normalized spacial score (nSPS) is 14.6. The van der Waals surface area contributed by atoms with Gasteiger partial charge in [0, 0.05) is 5.56 Å². The number of hydrogen-bond acceptors (Lipinski definition) is 6. The minimum absolute atomic E-state index is 0.0611. The Bertz CT molecular complexity index is 571. The lowest BCUT2D eigenvalue weighted by Crippen LogP contribution is -2.40. The molecule has 1 aliphatic rings. The van der Waals surface area contributed by atoms with Gasteiger partial charge in [-0.25, -0.2) is 9.18 Å². The van der Waals surface area contributed by atoms with Crippen molar-refractivity contribution in [1.82, 2.24) is 0 Å². The molecule has 0 saturated carbocycles. The summed E-state index contributed by atoms with van der Waals surface area (Å²) in [6.07, 6.45) is 0. The molecule has 1 saturated heterocycles. The summed E-state index contributed by atoms with van der Waals surface area (Å²) in [6.45, 7) is 2.09. The molecule has 0 radical (unpaired) electrons. The van der Waals surface area contributed by atoms with Crippen LogP contribution < -0.4 is 5.32 Å². The third kappa shape index (κ3) is 2.42. The summed E-state index contributed by atoms with van der Waals surface area (Å²) < 4.78 is 23.5. The van der Waals surface area contributed by atoms with E-state index in [1.54, 1.807) is 0 Å². The smallest absolute Gasteiger partial charge is 0.338 e. The molecular weight excluding hydrogens is 271 g/mol.